The second-order valence-electron chi connectivity index (χ2n) is 10.1. The van der Waals surface area contributed by atoms with Crippen LogP contribution in [0.5, 0.6) is 5.88 Å². The SMILES string of the molecule is CC(C)Oc1ccc(CCCN2CCCC2)cn1.Cc1ccc2ccc(CCC(F)(F)C(N)=O)cc2c1. The number of fused-ring (bicyclic) bond motifs is 1. The average Bonchev–Trinajstić information content (AvgIpc) is 3.37. The third-order valence-electron chi connectivity index (χ3n) is 6.44. The first kappa shape index (κ1) is 28.5. The van der Waals surface area contributed by atoms with Crippen molar-refractivity contribution >= 4 is 16.7 Å². The summed E-state index contributed by atoms with van der Waals surface area (Å²) in [6.07, 6.45) is 6.81. The Bertz CT molecular complexity index is 1140. The first-order valence-electron chi connectivity index (χ1n) is 13.1. The van der Waals surface area contributed by atoms with E-state index < -0.39 is 18.3 Å². The maximum atomic E-state index is 13.1. The van der Waals surface area contributed by atoms with Gasteiger partial charge in [-0.15, -0.1) is 0 Å². The van der Waals surface area contributed by atoms with Crippen molar-refractivity contribution in [2.75, 3.05) is 19.6 Å². The lowest BCUT2D eigenvalue weighted by molar-refractivity contribution is -0.142. The summed E-state index contributed by atoms with van der Waals surface area (Å²) in [4.78, 5) is 17.5. The van der Waals surface area contributed by atoms with Crippen molar-refractivity contribution in [3.8, 4) is 5.88 Å². The van der Waals surface area contributed by atoms with E-state index in [1.54, 1.807) is 6.07 Å². The third kappa shape index (κ3) is 9.39. The van der Waals surface area contributed by atoms with Crippen molar-refractivity contribution in [2.24, 2.45) is 5.73 Å². The molecule has 0 unspecified atom stereocenters. The molecular weight excluding hydrogens is 472 g/mol. The molecule has 0 saturated carbocycles. The lowest BCUT2D eigenvalue weighted by Crippen LogP contribution is -2.35. The Kier molecular flexibility index (Phi) is 10.4. The number of halogens is 2. The number of nitrogens with two attached hydrogens (primary N) is 1. The Labute approximate surface area is 219 Å². The number of hydrogen-bond donors (Lipinski definition) is 1. The number of alkyl halides is 2. The Hall–Kier alpha value is -3.06. The van der Waals surface area contributed by atoms with Crippen LogP contribution < -0.4 is 10.5 Å². The lowest BCUT2D eigenvalue weighted by Gasteiger charge is -2.14. The van der Waals surface area contributed by atoms with E-state index >= 15 is 0 Å². The van der Waals surface area contributed by atoms with E-state index in [-0.39, 0.29) is 12.5 Å². The number of ether oxygens (including phenoxy) is 1. The maximum Gasteiger partial charge on any atom is 0.324 e. The van der Waals surface area contributed by atoms with Crippen LogP contribution in [0.4, 0.5) is 8.78 Å². The number of pyridine rings is 1. The highest BCUT2D eigenvalue weighted by atomic mass is 19.3. The predicted octanol–water partition coefficient (Wildman–Crippen LogP) is 6.10. The van der Waals surface area contributed by atoms with E-state index in [1.165, 1.54) is 44.5 Å². The van der Waals surface area contributed by atoms with Crippen LogP contribution in [-0.4, -0.2) is 47.5 Å². The molecule has 3 aromatic rings. The van der Waals surface area contributed by atoms with Gasteiger partial charge in [-0.2, -0.15) is 8.78 Å². The van der Waals surface area contributed by atoms with Crippen molar-refractivity contribution in [2.45, 2.75) is 71.3 Å². The third-order valence-corrected chi connectivity index (χ3v) is 6.44. The summed E-state index contributed by atoms with van der Waals surface area (Å²) >= 11 is 0. The van der Waals surface area contributed by atoms with Crippen molar-refractivity contribution in [1.29, 1.82) is 0 Å². The van der Waals surface area contributed by atoms with E-state index in [2.05, 4.69) is 21.7 Å². The van der Waals surface area contributed by atoms with Gasteiger partial charge in [0.05, 0.1) is 6.10 Å². The topological polar surface area (TPSA) is 68.4 Å². The van der Waals surface area contributed by atoms with Gasteiger partial charge >= 0.3 is 5.92 Å². The molecule has 37 heavy (non-hydrogen) atoms. The van der Waals surface area contributed by atoms with Gasteiger partial charge in [-0.1, -0.05) is 48.0 Å². The fourth-order valence-corrected chi connectivity index (χ4v) is 4.38. The summed E-state index contributed by atoms with van der Waals surface area (Å²) in [5.74, 6) is -4.28. The zero-order chi connectivity index (χ0) is 26.8. The number of carbonyl (C=O) groups is 1. The first-order chi connectivity index (χ1) is 17.6. The fourth-order valence-electron chi connectivity index (χ4n) is 4.38. The minimum Gasteiger partial charge on any atom is -0.475 e. The van der Waals surface area contributed by atoms with Crippen LogP contribution in [0.3, 0.4) is 0 Å². The van der Waals surface area contributed by atoms with Crippen molar-refractivity contribution in [3.63, 3.8) is 0 Å². The summed E-state index contributed by atoms with van der Waals surface area (Å²) in [6, 6.07) is 15.7. The first-order valence-corrected chi connectivity index (χ1v) is 13.1. The van der Waals surface area contributed by atoms with Crippen LogP contribution >= 0.6 is 0 Å². The van der Waals surface area contributed by atoms with Gasteiger partial charge in [0.25, 0.3) is 5.91 Å². The van der Waals surface area contributed by atoms with E-state index in [1.807, 2.05) is 63.4 Å². The van der Waals surface area contributed by atoms with Gasteiger partial charge in [-0.25, -0.2) is 4.98 Å². The van der Waals surface area contributed by atoms with Crippen LogP contribution in [0.15, 0.2) is 54.7 Å². The number of amides is 1. The molecule has 0 radical (unpaired) electrons. The molecule has 1 aromatic heterocycles. The Morgan fingerprint density at radius 1 is 1.03 bits per heavy atom. The van der Waals surface area contributed by atoms with Crippen LogP contribution in [0.2, 0.25) is 0 Å². The highest BCUT2D eigenvalue weighted by Gasteiger charge is 2.35. The molecule has 1 aliphatic rings. The number of carbonyl (C=O) groups excluding carboxylic acids is 1. The Morgan fingerprint density at radius 3 is 2.38 bits per heavy atom. The average molecular weight is 512 g/mol. The number of hydrogen-bond acceptors (Lipinski definition) is 4. The summed E-state index contributed by atoms with van der Waals surface area (Å²) in [5, 5.41) is 2.08. The molecule has 2 N–H and O–H groups in total. The molecular formula is C30H39F2N3O2. The molecule has 1 saturated heterocycles. The molecule has 1 aliphatic heterocycles. The van der Waals surface area contributed by atoms with Gasteiger partial charge in [-0.3, -0.25) is 4.79 Å². The van der Waals surface area contributed by atoms with Crippen LogP contribution in [0.1, 0.15) is 56.2 Å². The van der Waals surface area contributed by atoms with Crippen LogP contribution in [0, 0.1) is 6.92 Å². The summed E-state index contributed by atoms with van der Waals surface area (Å²) in [5.41, 5.74) is 7.86. The molecule has 200 valence electrons. The fraction of sp³-hybridized carbons (Fsp3) is 0.467. The Morgan fingerprint density at radius 2 is 1.73 bits per heavy atom. The number of nitrogens with zero attached hydrogens (tertiary/aromatic N) is 2. The molecule has 0 atom stereocenters. The smallest absolute Gasteiger partial charge is 0.324 e. The van der Waals surface area contributed by atoms with E-state index in [9.17, 15) is 13.6 Å². The van der Waals surface area contributed by atoms with Crippen molar-refractivity contribution < 1.29 is 18.3 Å². The largest absolute Gasteiger partial charge is 0.475 e. The van der Waals surface area contributed by atoms with Crippen molar-refractivity contribution in [3.05, 3.63) is 71.4 Å². The van der Waals surface area contributed by atoms with Gasteiger partial charge < -0.3 is 15.4 Å². The van der Waals surface area contributed by atoms with Gasteiger partial charge in [-0.05, 0) is 94.4 Å². The Balaban J connectivity index is 0.000000206. The second kappa shape index (κ2) is 13.5. The molecule has 0 aliphatic carbocycles. The number of rotatable bonds is 10. The number of likely N-dealkylation sites (tertiary alicyclic amines) is 1. The van der Waals surface area contributed by atoms with Crippen molar-refractivity contribution in [1.82, 2.24) is 9.88 Å². The highest BCUT2D eigenvalue weighted by molar-refractivity contribution is 5.84. The molecule has 0 bridgehead atoms. The molecule has 0 spiro atoms. The number of aryl methyl sites for hydroxylation is 3. The highest BCUT2D eigenvalue weighted by Crippen LogP contribution is 2.23. The predicted molar refractivity (Wildman–Crippen MR) is 145 cm³/mol. The number of benzene rings is 2. The standard InChI is InChI=1S/C15H15F2NO.C15H24N2O/c1-10-2-4-12-5-3-11(9-13(12)8-10)6-7-15(16,17)14(18)19;1-13(2)18-15-8-7-14(12-16-15)6-5-11-17-9-3-4-10-17/h2-5,8-9H,6-7H2,1H3,(H2,18,19);7-8,12-13H,3-6,9-11H2,1-2H3. The van der Waals surface area contributed by atoms with Crippen LogP contribution in [-0.2, 0) is 17.6 Å². The molecule has 1 amide bonds. The molecule has 7 heteroatoms. The van der Waals surface area contributed by atoms with E-state index in [0.29, 0.717) is 0 Å². The summed E-state index contributed by atoms with van der Waals surface area (Å²) in [6.45, 7) is 9.83. The van der Waals surface area contributed by atoms with Gasteiger partial charge in [0.1, 0.15) is 0 Å². The lowest BCUT2D eigenvalue weighted by atomic mass is 10.0. The minimum atomic E-state index is -3.44. The van der Waals surface area contributed by atoms with Gasteiger partial charge in [0.15, 0.2) is 0 Å². The van der Waals surface area contributed by atoms with E-state index in [0.717, 1.165) is 34.2 Å². The van der Waals surface area contributed by atoms with Gasteiger partial charge in [0.2, 0.25) is 5.88 Å². The number of primary amides is 1. The van der Waals surface area contributed by atoms with Crippen LogP contribution in [0.25, 0.3) is 10.8 Å². The molecule has 4 rings (SSSR count). The second-order valence-corrected chi connectivity index (χ2v) is 10.1. The molecule has 1 fully saturated rings. The monoisotopic (exact) mass is 511 g/mol. The normalized spacial score (nSPS) is 14.0. The summed E-state index contributed by atoms with van der Waals surface area (Å²) in [7, 11) is 0. The van der Waals surface area contributed by atoms with E-state index in [4.69, 9.17) is 4.74 Å². The quantitative estimate of drug-likeness (QED) is 0.357. The molecule has 5 nitrogen and oxygen atoms in total. The zero-order valence-corrected chi connectivity index (χ0v) is 22.2. The number of aromatic nitrogens is 1. The molecule has 2 aromatic carbocycles. The zero-order valence-electron chi connectivity index (χ0n) is 22.2. The summed E-state index contributed by atoms with van der Waals surface area (Å²) < 4.78 is 31.8. The molecule has 2 heterocycles. The van der Waals surface area contributed by atoms with Gasteiger partial charge in [0, 0.05) is 18.7 Å². The maximum absolute atomic E-state index is 13.1. The minimum absolute atomic E-state index is 0.125.